The molecule has 0 saturated carbocycles. The number of carboxylic acids is 1. The van der Waals surface area contributed by atoms with E-state index in [0.717, 1.165) is 18.9 Å². The van der Waals surface area contributed by atoms with Crippen molar-refractivity contribution in [3.8, 4) is 0 Å². The van der Waals surface area contributed by atoms with E-state index in [1.54, 1.807) is 6.07 Å². The third-order valence-electron chi connectivity index (χ3n) is 2.64. The molecule has 0 bridgehead atoms. The third kappa shape index (κ3) is 3.20. The average molecular weight is 256 g/mol. The molecule has 0 aliphatic carbocycles. The van der Waals surface area contributed by atoms with Crippen LogP contribution in [0.1, 0.15) is 23.2 Å². The second-order valence-corrected chi connectivity index (χ2v) is 5.22. The fourth-order valence-corrected chi connectivity index (χ4v) is 2.81. The molecule has 17 heavy (non-hydrogen) atoms. The van der Waals surface area contributed by atoms with Gasteiger partial charge in [0.1, 0.15) is 5.82 Å². The molecule has 1 aromatic carbocycles. The Kier molecular flexibility index (Phi) is 4.02. The van der Waals surface area contributed by atoms with E-state index in [-0.39, 0.29) is 5.56 Å². The number of ether oxygens (including phenoxy) is 1. The molecular weight excluding hydrogens is 243 g/mol. The summed E-state index contributed by atoms with van der Waals surface area (Å²) in [5.41, 5.74) is -0.0150. The van der Waals surface area contributed by atoms with Crippen LogP contribution in [-0.4, -0.2) is 29.5 Å². The van der Waals surface area contributed by atoms with Gasteiger partial charge in [-0.2, -0.15) is 0 Å². The van der Waals surface area contributed by atoms with E-state index in [1.807, 2.05) is 0 Å². The van der Waals surface area contributed by atoms with Gasteiger partial charge in [-0.15, -0.1) is 11.8 Å². The molecule has 1 saturated heterocycles. The Balaban J connectivity index is 2.08. The van der Waals surface area contributed by atoms with Crippen molar-refractivity contribution in [3.05, 3.63) is 29.6 Å². The first-order valence-electron chi connectivity index (χ1n) is 5.44. The summed E-state index contributed by atoms with van der Waals surface area (Å²) in [6, 6.07) is 4.05. The average Bonchev–Trinajstić information content (AvgIpc) is 2.33. The highest BCUT2D eigenvalue weighted by Gasteiger charge is 2.17. The van der Waals surface area contributed by atoms with Crippen molar-refractivity contribution in [3.63, 3.8) is 0 Å². The summed E-state index contributed by atoms with van der Waals surface area (Å²) in [5.74, 6) is -1.56. The number of hydrogen-bond acceptors (Lipinski definition) is 3. The number of halogens is 1. The molecule has 1 aliphatic heterocycles. The van der Waals surface area contributed by atoms with Crippen molar-refractivity contribution in [2.75, 3.05) is 13.2 Å². The number of thioether (sulfide) groups is 1. The number of hydrogen-bond donors (Lipinski definition) is 1. The first kappa shape index (κ1) is 12.4. The Hall–Kier alpha value is -1.07. The first-order valence-corrected chi connectivity index (χ1v) is 6.32. The van der Waals surface area contributed by atoms with Gasteiger partial charge >= 0.3 is 5.97 Å². The highest BCUT2D eigenvalue weighted by Crippen LogP contribution is 2.31. The van der Waals surface area contributed by atoms with Gasteiger partial charge in [-0.05, 0) is 31.0 Å². The van der Waals surface area contributed by atoms with E-state index in [2.05, 4.69) is 0 Å². The van der Waals surface area contributed by atoms with Crippen LogP contribution in [0.3, 0.4) is 0 Å². The lowest BCUT2D eigenvalue weighted by Gasteiger charge is -2.21. The zero-order valence-electron chi connectivity index (χ0n) is 9.19. The van der Waals surface area contributed by atoms with Crippen molar-refractivity contribution in [2.45, 2.75) is 23.0 Å². The lowest BCUT2D eigenvalue weighted by atomic mass is 10.2. The van der Waals surface area contributed by atoms with E-state index >= 15 is 0 Å². The summed E-state index contributed by atoms with van der Waals surface area (Å²) < 4.78 is 18.9. The van der Waals surface area contributed by atoms with Crippen LogP contribution >= 0.6 is 11.8 Å². The maximum Gasteiger partial charge on any atom is 0.335 e. The number of carboxylic acid groups (broad SMARTS) is 1. The van der Waals surface area contributed by atoms with Gasteiger partial charge in [0.15, 0.2) is 0 Å². The molecule has 0 unspecified atom stereocenters. The van der Waals surface area contributed by atoms with E-state index in [1.165, 1.54) is 17.8 Å². The minimum Gasteiger partial charge on any atom is -0.478 e. The van der Waals surface area contributed by atoms with Crippen molar-refractivity contribution in [2.24, 2.45) is 0 Å². The monoisotopic (exact) mass is 256 g/mol. The molecule has 1 aromatic rings. The summed E-state index contributed by atoms with van der Waals surface area (Å²) in [7, 11) is 0. The minimum atomic E-state index is -1.11. The van der Waals surface area contributed by atoms with Gasteiger partial charge in [-0.1, -0.05) is 0 Å². The Morgan fingerprint density at radius 2 is 2.12 bits per heavy atom. The van der Waals surface area contributed by atoms with Gasteiger partial charge in [-0.25, -0.2) is 9.18 Å². The zero-order valence-corrected chi connectivity index (χ0v) is 10.0. The normalized spacial score (nSPS) is 17.0. The van der Waals surface area contributed by atoms with E-state index < -0.39 is 11.8 Å². The Morgan fingerprint density at radius 3 is 2.71 bits per heavy atom. The van der Waals surface area contributed by atoms with Gasteiger partial charge in [0.25, 0.3) is 0 Å². The van der Waals surface area contributed by atoms with Crippen LogP contribution in [0.25, 0.3) is 0 Å². The Labute approximate surface area is 103 Å². The number of rotatable bonds is 3. The van der Waals surface area contributed by atoms with Crippen LogP contribution in [0.5, 0.6) is 0 Å². The fourth-order valence-electron chi connectivity index (χ4n) is 1.70. The SMILES string of the molecule is O=C(O)c1ccc(SC2CCOCC2)c(F)c1. The zero-order chi connectivity index (χ0) is 12.3. The predicted molar refractivity (Wildman–Crippen MR) is 63.1 cm³/mol. The molecule has 1 heterocycles. The Bertz CT molecular complexity index is 416. The summed E-state index contributed by atoms with van der Waals surface area (Å²) >= 11 is 1.46. The second-order valence-electron chi connectivity index (χ2n) is 3.88. The third-order valence-corrected chi connectivity index (χ3v) is 4.03. The minimum absolute atomic E-state index is 0.0150. The van der Waals surface area contributed by atoms with E-state index in [4.69, 9.17) is 9.84 Å². The molecule has 5 heteroatoms. The first-order chi connectivity index (χ1) is 8.16. The second kappa shape index (κ2) is 5.51. The molecule has 0 amide bonds. The van der Waals surface area contributed by atoms with Crippen LogP contribution in [0, 0.1) is 5.82 Å². The smallest absolute Gasteiger partial charge is 0.335 e. The fraction of sp³-hybridized carbons (Fsp3) is 0.417. The molecule has 92 valence electrons. The number of aromatic carboxylic acids is 1. The molecule has 0 spiro atoms. The number of benzene rings is 1. The van der Waals surface area contributed by atoms with Gasteiger partial charge in [0, 0.05) is 23.4 Å². The molecule has 2 rings (SSSR count). The largest absolute Gasteiger partial charge is 0.478 e. The molecule has 0 atom stereocenters. The standard InChI is InChI=1S/C12H13FO3S/c13-10-7-8(12(14)15)1-2-11(10)17-9-3-5-16-6-4-9/h1-2,7,9H,3-6H2,(H,14,15). The topological polar surface area (TPSA) is 46.5 Å². The highest BCUT2D eigenvalue weighted by atomic mass is 32.2. The summed E-state index contributed by atoms with van der Waals surface area (Å²) in [6.07, 6.45) is 1.82. The van der Waals surface area contributed by atoms with Crippen molar-refractivity contribution < 1.29 is 19.0 Å². The van der Waals surface area contributed by atoms with Crippen LogP contribution in [0.4, 0.5) is 4.39 Å². The quantitative estimate of drug-likeness (QED) is 0.903. The molecule has 1 N–H and O–H groups in total. The van der Waals surface area contributed by atoms with E-state index in [0.29, 0.717) is 23.4 Å². The molecule has 3 nitrogen and oxygen atoms in total. The van der Waals surface area contributed by atoms with Crippen molar-refractivity contribution >= 4 is 17.7 Å². The molecule has 1 fully saturated rings. The summed E-state index contributed by atoms with van der Waals surface area (Å²) in [6.45, 7) is 1.43. The maximum atomic E-state index is 13.7. The lowest BCUT2D eigenvalue weighted by molar-refractivity contribution is 0.0696. The highest BCUT2D eigenvalue weighted by molar-refractivity contribution is 8.00. The van der Waals surface area contributed by atoms with Gasteiger partial charge in [0.05, 0.1) is 5.56 Å². The van der Waals surface area contributed by atoms with Crippen LogP contribution in [-0.2, 0) is 4.74 Å². The van der Waals surface area contributed by atoms with Gasteiger partial charge in [0.2, 0.25) is 0 Å². The molecule has 0 radical (unpaired) electrons. The predicted octanol–water partition coefficient (Wildman–Crippen LogP) is 2.80. The molecule has 0 aromatic heterocycles. The molecular formula is C12H13FO3S. The lowest BCUT2D eigenvalue weighted by Crippen LogP contribution is -2.17. The molecule has 1 aliphatic rings. The van der Waals surface area contributed by atoms with E-state index in [9.17, 15) is 9.18 Å². The summed E-state index contributed by atoms with van der Waals surface area (Å²) in [5, 5.41) is 9.09. The van der Waals surface area contributed by atoms with Gasteiger partial charge in [-0.3, -0.25) is 0 Å². The van der Waals surface area contributed by atoms with Crippen molar-refractivity contribution in [1.29, 1.82) is 0 Å². The van der Waals surface area contributed by atoms with Crippen LogP contribution in [0.2, 0.25) is 0 Å². The van der Waals surface area contributed by atoms with Gasteiger partial charge < -0.3 is 9.84 Å². The van der Waals surface area contributed by atoms with Crippen LogP contribution in [0.15, 0.2) is 23.1 Å². The summed E-state index contributed by atoms with van der Waals surface area (Å²) in [4.78, 5) is 11.2. The number of carbonyl (C=O) groups is 1. The maximum absolute atomic E-state index is 13.7. The van der Waals surface area contributed by atoms with Crippen molar-refractivity contribution in [1.82, 2.24) is 0 Å². The Morgan fingerprint density at radius 1 is 1.41 bits per heavy atom. The van der Waals surface area contributed by atoms with Crippen LogP contribution < -0.4 is 0 Å².